The van der Waals surface area contributed by atoms with Crippen LogP contribution >= 0.6 is 0 Å². The van der Waals surface area contributed by atoms with E-state index in [1.165, 1.54) is 7.11 Å². The second-order valence-electron chi connectivity index (χ2n) is 4.25. The predicted octanol–water partition coefficient (Wildman–Crippen LogP) is 2.35. The topological polar surface area (TPSA) is 80.0 Å². The van der Waals surface area contributed by atoms with E-state index in [4.69, 9.17) is 9.47 Å². The Balaban J connectivity index is 2.27. The molecule has 2 aromatic heterocycles. The first-order valence-electron chi connectivity index (χ1n) is 6.02. The summed E-state index contributed by atoms with van der Waals surface area (Å²) in [6.45, 7) is 0. The maximum Gasteiger partial charge on any atom is 0.354 e. The number of fused-ring (bicyclic) bond motifs is 1. The third-order valence-corrected chi connectivity index (χ3v) is 3.17. The number of H-pyrrole nitrogens is 2. The van der Waals surface area contributed by atoms with Gasteiger partial charge in [-0.2, -0.15) is 5.10 Å². The van der Waals surface area contributed by atoms with Crippen molar-refractivity contribution in [1.29, 1.82) is 0 Å². The van der Waals surface area contributed by atoms with Crippen LogP contribution in [0.1, 0.15) is 10.5 Å². The monoisotopic (exact) mass is 271 g/mol. The van der Waals surface area contributed by atoms with Gasteiger partial charge in [0.2, 0.25) is 0 Å². The molecule has 2 N–H and O–H groups in total. The molecule has 0 atom stereocenters. The van der Waals surface area contributed by atoms with E-state index in [0.717, 1.165) is 22.2 Å². The molecule has 0 unspecified atom stereocenters. The van der Waals surface area contributed by atoms with Crippen LogP contribution in [-0.4, -0.2) is 35.4 Å². The van der Waals surface area contributed by atoms with Gasteiger partial charge in [-0.1, -0.05) is 0 Å². The normalized spacial score (nSPS) is 10.7. The molecule has 6 nitrogen and oxygen atoms in total. The van der Waals surface area contributed by atoms with Gasteiger partial charge in [0, 0.05) is 17.1 Å². The second-order valence-corrected chi connectivity index (χ2v) is 4.25. The fourth-order valence-electron chi connectivity index (χ4n) is 2.22. The van der Waals surface area contributed by atoms with Gasteiger partial charge in [-0.15, -0.1) is 0 Å². The summed E-state index contributed by atoms with van der Waals surface area (Å²) in [5.74, 6) is 0.247. The van der Waals surface area contributed by atoms with Crippen molar-refractivity contribution in [3.63, 3.8) is 0 Å². The Morgan fingerprint density at radius 3 is 2.75 bits per heavy atom. The zero-order chi connectivity index (χ0) is 14.1. The highest BCUT2D eigenvalue weighted by atomic mass is 16.5. The van der Waals surface area contributed by atoms with Crippen molar-refractivity contribution in [1.82, 2.24) is 15.2 Å². The van der Waals surface area contributed by atoms with Gasteiger partial charge in [0.05, 0.1) is 25.4 Å². The molecule has 3 rings (SSSR count). The minimum absolute atomic E-state index is 0.382. The summed E-state index contributed by atoms with van der Waals surface area (Å²) in [4.78, 5) is 14.7. The summed E-state index contributed by atoms with van der Waals surface area (Å²) in [6, 6.07) is 7.38. The van der Waals surface area contributed by atoms with E-state index in [1.807, 2.05) is 18.2 Å². The van der Waals surface area contributed by atoms with Crippen molar-refractivity contribution in [2.45, 2.75) is 0 Å². The Hall–Kier alpha value is -2.76. The summed E-state index contributed by atoms with van der Waals surface area (Å²) in [6.07, 6.45) is 1.68. The van der Waals surface area contributed by atoms with E-state index in [-0.39, 0.29) is 0 Å². The number of nitrogens with zero attached hydrogens (tertiary/aromatic N) is 1. The van der Waals surface area contributed by atoms with Gasteiger partial charge >= 0.3 is 5.97 Å². The minimum Gasteiger partial charge on any atom is -0.495 e. The lowest BCUT2D eigenvalue weighted by Crippen LogP contribution is -2.00. The zero-order valence-corrected chi connectivity index (χ0v) is 11.1. The summed E-state index contributed by atoms with van der Waals surface area (Å²) in [5.41, 5.74) is 2.94. The Morgan fingerprint density at radius 2 is 2.10 bits per heavy atom. The van der Waals surface area contributed by atoms with Gasteiger partial charge in [0.1, 0.15) is 11.4 Å². The molecule has 0 aliphatic rings. The number of ether oxygens (including phenoxy) is 2. The molecular formula is C14H13N3O3. The van der Waals surface area contributed by atoms with E-state index < -0.39 is 5.97 Å². The number of aromatic nitrogens is 3. The van der Waals surface area contributed by atoms with Crippen molar-refractivity contribution in [2.75, 3.05) is 14.2 Å². The molecular weight excluding hydrogens is 258 g/mol. The van der Waals surface area contributed by atoms with Gasteiger partial charge in [-0.05, 0) is 24.3 Å². The van der Waals surface area contributed by atoms with Crippen molar-refractivity contribution < 1.29 is 14.3 Å². The van der Waals surface area contributed by atoms with Crippen LogP contribution in [0, 0.1) is 0 Å². The SMILES string of the molecule is COC(=O)c1cc2c(-c3ccn[nH]3)ccc(OC)c2[nH]1. The van der Waals surface area contributed by atoms with Crippen molar-refractivity contribution >= 4 is 16.9 Å². The third kappa shape index (κ3) is 1.82. The molecule has 6 heteroatoms. The number of benzene rings is 1. The van der Waals surface area contributed by atoms with Crippen LogP contribution in [-0.2, 0) is 4.74 Å². The first-order valence-corrected chi connectivity index (χ1v) is 6.02. The number of hydrogen-bond acceptors (Lipinski definition) is 4. The van der Waals surface area contributed by atoms with Gasteiger partial charge in [-0.3, -0.25) is 5.10 Å². The quantitative estimate of drug-likeness (QED) is 0.716. The number of esters is 1. The van der Waals surface area contributed by atoms with Crippen LogP contribution in [0.5, 0.6) is 5.75 Å². The lowest BCUT2D eigenvalue weighted by atomic mass is 10.1. The molecule has 0 aliphatic heterocycles. The lowest BCUT2D eigenvalue weighted by molar-refractivity contribution is 0.0595. The molecule has 2 heterocycles. The standard InChI is InChI=1S/C14H13N3O3/c1-19-12-4-3-8(10-5-6-15-17-10)9-7-11(14(18)20-2)16-13(9)12/h3-7,16H,1-2H3,(H,15,17). The number of methoxy groups -OCH3 is 2. The highest BCUT2D eigenvalue weighted by Gasteiger charge is 2.16. The fraction of sp³-hybridized carbons (Fsp3) is 0.143. The Bertz CT molecular complexity index is 759. The number of nitrogens with one attached hydrogen (secondary N) is 2. The first kappa shape index (κ1) is 12.3. The number of carbonyl (C=O) groups excluding carboxylic acids is 1. The third-order valence-electron chi connectivity index (χ3n) is 3.17. The zero-order valence-electron chi connectivity index (χ0n) is 11.1. The molecule has 102 valence electrons. The van der Waals surface area contributed by atoms with E-state index in [1.54, 1.807) is 19.4 Å². The van der Waals surface area contributed by atoms with Gasteiger partial charge in [0.15, 0.2) is 0 Å². The summed E-state index contributed by atoms with van der Waals surface area (Å²) >= 11 is 0. The van der Waals surface area contributed by atoms with Crippen molar-refractivity contribution in [3.8, 4) is 17.0 Å². The maximum atomic E-state index is 11.7. The molecule has 3 aromatic rings. The summed E-state index contributed by atoms with van der Waals surface area (Å²) in [5, 5.41) is 7.73. The fourth-order valence-corrected chi connectivity index (χ4v) is 2.22. The summed E-state index contributed by atoms with van der Waals surface area (Å²) < 4.78 is 10.1. The van der Waals surface area contributed by atoms with Crippen molar-refractivity contribution in [3.05, 3.63) is 36.2 Å². The first-order chi connectivity index (χ1) is 9.74. The van der Waals surface area contributed by atoms with Crippen LogP contribution < -0.4 is 4.74 Å². The minimum atomic E-state index is -0.418. The van der Waals surface area contributed by atoms with Crippen LogP contribution in [0.3, 0.4) is 0 Å². The molecule has 0 saturated carbocycles. The smallest absolute Gasteiger partial charge is 0.354 e. The molecule has 0 aliphatic carbocycles. The number of hydrogen-bond donors (Lipinski definition) is 2. The van der Waals surface area contributed by atoms with Gasteiger partial charge < -0.3 is 14.5 Å². The number of rotatable bonds is 3. The molecule has 1 aromatic carbocycles. The largest absolute Gasteiger partial charge is 0.495 e. The Kier molecular flexibility index (Phi) is 2.90. The van der Waals surface area contributed by atoms with E-state index >= 15 is 0 Å². The molecule has 20 heavy (non-hydrogen) atoms. The average Bonchev–Trinajstić information content (AvgIpc) is 3.14. The van der Waals surface area contributed by atoms with Crippen molar-refractivity contribution in [2.24, 2.45) is 0 Å². The van der Waals surface area contributed by atoms with E-state index in [0.29, 0.717) is 11.4 Å². The maximum absolute atomic E-state index is 11.7. The number of carbonyl (C=O) groups is 1. The van der Waals surface area contributed by atoms with Crippen LogP contribution in [0.25, 0.3) is 22.2 Å². The molecule has 0 bridgehead atoms. The highest BCUT2D eigenvalue weighted by molar-refractivity contribution is 6.03. The lowest BCUT2D eigenvalue weighted by Gasteiger charge is -2.05. The molecule has 0 amide bonds. The highest BCUT2D eigenvalue weighted by Crippen LogP contribution is 2.34. The molecule has 0 saturated heterocycles. The van der Waals surface area contributed by atoms with E-state index in [9.17, 15) is 4.79 Å². The summed E-state index contributed by atoms with van der Waals surface area (Å²) in [7, 11) is 2.93. The van der Waals surface area contributed by atoms with Crippen LogP contribution in [0.15, 0.2) is 30.5 Å². The van der Waals surface area contributed by atoms with Gasteiger partial charge in [-0.25, -0.2) is 4.79 Å². The van der Waals surface area contributed by atoms with E-state index in [2.05, 4.69) is 15.2 Å². The predicted molar refractivity (Wildman–Crippen MR) is 73.8 cm³/mol. The number of aromatic amines is 2. The molecule has 0 spiro atoms. The van der Waals surface area contributed by atoms with Gasteiger partial charge in [0.25, 0.3) is 0 Å². The average molecular weight is 271 g/mol. The Labute approximate surface area is 114 Å². The second kappa shape index (κ2) is 4.73. The molecule has 0 fully saturated rings. The van der Waals surface area contributed by atoms with Crippen LogP contribution in [0.4, 0.5) is 0 Å². The van der Waals surface area contributed by atoms with Crippen LogP contribution in [0.2, 0.25) is 0 Å². The Morgan fingerprint density at radius 1 is 1.25 bits per heavy atom. The molecule has 0 radical (unpaired) electrons.